The second-order valence-electron chi connectivity index (χ2n) is 5.20. The lowest BCUT2D eigenvalue weighted by atomic mass is 10.1. The van der Waals surface area contributed by atoms with Gasteiger partial charge in [0, 0.05) is 11.1 Å². The summed E-state index contributed by atoms with van der Waals surface area (Å²) in [6, 6.07) is 1.97. The molecule has 1 aromatic rings. The predicted octanol–water partition coefficient (Wildman–Crippen LogP) is 1.90. The lowest BCUT2D eigenvalue weighted by Gasteiger charge is -2.32. The third-order valence-electron chi connectivity index (χ3n) is 3.20. The SMILES string of the molecule is Cc1oc(CN)cc1COCC(C)(C)N(C)C. The molecule has 0 aliphatic rings. The van der Waals surface area contributed by atoms with Gasteiger partial charge in [-0.25, -0.2) is 0 Å². The fourth-order valence-electron chi connectivity index (χ4n) is 1.37. The molecule has 1 rings (SSSR count). The highest BCUT2D eigenvalue weighted by Gasteiger charge is 2.20. The molecule has 0 atom stereocenters. The van der Waals surface area contributed by atoms with Gasteiger partial charge in [-0.05, 0) is 40.9 Å². The van der Waals surface area contributed by atoms with Crippen molar-refractivity contribution in [2.24, 2.45) is 5.73 Å². The van der Waals surface area contributed by atoms with Gasteiger partial charge >= 0.3 is 0 Å². The number of nitrogens with zero attached hydrogens (tertiary/aromatic N) is 1. The molecule has 0 unspecified atom stereocenters. The fraction of sp³-hybridized carbons (Fsp3) is 0.692. The molecule has 0 amide bonds. The summed E-state index contributed by atoms with van der Waals surface area (Å²) in [5.41, 5.74) is 6.65. The van der Waals surface area contributed by atoms with Crippen LogP contribution in [0.1, 0.15) is 30.9 Å². The van der Waals surface area contributed by atoms with Gasteiger partial charge in [0.25, 0.3) is 0 Å². The number of ether oxygens (including phenoxy) is 1. The van der Waals surface area contributed by atoms with Crippen LogP contribution in [0.4, 0.5) is 0 Å². The van der Waals surface area contributed by atoms with Crippen molar-refractivity contribution >= 4 is 0 Å². The Balaban J connectivity index is 2.48. The zero-order chi connectivity index (χ0) is 13.1. The molecule has 0 saturated carbocycles. The van der Waals surface area contributed by atoms with Gasteiger partial charge in [0.1, 0.15) is 11.5 Å². The Bertz CT molecular complexity index is 356. The molecule has 0 aromatic carbocycles. The lowest BCUT2D eigenvalue weighted by Crippen LogP contribution is -2.42. The van der Waals surface area contributed by atoms with Crippen molar-refractivity contribution in [3.05, 3.63) is 23.2 Å². The minimum absolute atomic E-state index is 0.0360. The van der Waals surface area contributed by atoms with E-state index in [1.54, 1.807) is 0 Å². The molecule has 4 heteroatoms. The monoisotopic (exact) mass is 240 g/mol. The number of furan rings is 1. The van der Waals surface area contributed by atoms with Gasteiger partial charge in [-0.15, -0.1) is 0 Å². The zero-order valence-electron chi connectivity index (χ0n) is 11.5. The Kier molecular flexibility index (Phi) is 4.74. The van der Waals surface area contributed by atoms with Crippen LogP contribution in [0.3, 0.4) is 0 Å². The molecule has 0 spiro atoms. The van der Waals surface area contributed by atoms with E-state index in [2.05, 4.69) is 32.8 Å². The number of hydrogen-bond acceptors (Lipinski definition) is 4. The Morgan fingerprint density at radius 1 is 1.41 bits per heavy atom. The summed E-state index contributed by atoms with van der Waals surface area (Å²) >= 11 is 0. The van der Waals surface area contributed by atoms with Crippen LogP contribution < -0.4 is 5.73 Å². The molecular formula is C13H24N2O2. The minimum atomic E-state index is 0.0360. The van der Waals surface area contributed by atoms with Gasteiger partial charge in [0.2, 0.25) is 0 Å². The van der Waals surface area contributed by atoms with Crippen LogP contribution in [-0.4, -0.2) is 31.1 Å². The summed E-state index contributed by atoms with van der Waals surface area (Å²) < 4.78 is 11.2. The molecule has 98 valence electrons. The molecular weight excluding hydrogens is 216 g/mol. The van der Waals surface area contributed by atoms with Crippen LogP contribution in [0.5, 0.6) is 0 Å². The highest BCUT2D eigenvalue weighted by Crippen LogP contribution is 2.17. The average Bonchev–Trinajstić information content (AvgIpc) is 2.59. The van der Waals surface area contributed by atoms with Crippen LogP contribution in [0.25, 0.3) is 0 Å². The van der Waals surface area contributed by atoms with Crippen LogP contribution >= 0.6 is 0 Å². The van der Waals surface area contributed by atoms with E-state index in [0.29, 0.717) is 19.8 Å². The molecule has 1 heterocycles. The van der Waals surface area contributed by atoms with Crippen molar-refractivity contribution in [3.8, 4) is 0 Å². The third-order valence-corrected chi connectivity index (χ3v) is 3.20. The van der Waals surface area contributed by atoms with Gasteiger partial charge in [-0.1, -0.05) is 0 Å². The minimum Gasteiger partial charge on any atom is -0.465 e. The maximum absolute atomic E-state index is 5.74. The highest BCUT2D eigenvalue weighted by molar-refractivity contribution is 5.19. The maximum Gasteiger partial charge on any atom is 0.118 e. The zero-order valence-corrected chi connectivity index (χ0v) is 11.5. The summed E-state index contributed by atoms with van der Waals surface area (Å²) in [7, 11) is 4.11. The van der Waals surface area contributed by atoms with Crippen molar-refractivity contribution in [2.75, 3.05) is 20.7 Å². The van der Waals surface area contributed by atoms with E-state index in [-0.39, 0.29) is 5.54 Å². The third kappa shape index (κ3) is 3.84. The number of hydrogen-bond donors (Lipinski definition) is 1. The van der Waals surface area contributed by atoms with Crippen molar-refractivity contribution < 1.29 is 9.15 Å². The Labute approximate surface area is 104 Å². The first-order valence-electron chi connectivity index (χ1n) is 5.90. The molecule has 2 N–H and O–H groups in total. The summed E-state index contributed by atoms with van der Waals surface area (Å²) in [5.74, 6) is 1.71. The first kappa shape index (κ1) is 14.2. The van der Waals surface area contributed by atoms with Crippen molar-refractivity contribution in [1.82, 2.24) is 4.90 Å². The van der Waals surface area contributed by atoms with Crippen molar-refractivity contribution in [1.29, 1.82) is 0 Å². The Hall–Kier alpha value is -0.840. The van der Waals surface area contributed by atoms with E-state index in [9.17, 15) is 0 Å². The lowest BCUT2D eigenvalue weighted by molar-refractivity contribution is 0.0270. The Morgan fingerprint density at radius 3 is 2.53 bits per heavy atom. The van der Waals surface area contributed by atoms with Gasteiger partial charge in [0.15, 0.2) is 0 Å². The van der Waals surface area contributed by atoms with E-state index in [1.807, 2.05) is 13.0 Å². The summed E-state index contributed by atoms with van der Waals surface area (Å²) in [5, 5.41) is 0. The van der Waals surface area contributed by atoms with E-state index in [1.165, 1.54) is 0 Å². The quantitative estimate of drug-likeness (QED) is 0.825. The van der Waals surface area contributed by atoms with E-state index in [0.717, 1.165) is 17.1 Å². The Morgan fingerprint density at radius 2 is 2.06 bits per heavy atom. The number of nitrogens with two attached hydrogens (primary N) is 1. The van der Waals surface area contributed by atoms with Gasteiger partial charge in [-0.3, -0.25) is 0 Å². The average molecular weight is 240 g/mol. The molecule has 0 bridgehead atoms. The van der Waals surface area contributed by atoms with Gasteiger partial charge < -0.3 is 19.8 Å². The fourth-order valence-corrected chi connectivity index (χ4v) is 1.37. The molecule has 0 aliphatic heterocycles. The van der Waals surface area contributed by atoms with Crippen molar-refractivity contribution in [2.45, 2.75) is 39.5 Å². The molecule has 4 nitrogen and oxygen atoms in total. The highest BCUT2D eigenvalue weighted by atomic mass is 16.5. The van der Waals surface area contributed by atoms with Crippen LogP contribution in [-0.2, 0) is 17.9 Å². The molecule has 1 aromatic heterocycles. The molecule has 17 heavy (non-hydrogen) atoms. The predicted molar refractivity (Wildman–Crippen MR) is 68.8 cm³/mol. The van der Waals surface area contributed by atoms with Crippen LogP contribution in [0.2, 0.25) is 0 Å². The maximum atomic E-state index is 5.74. The number of aryl methyl sites for hydroxylation is 1. The van der Waals surface area contributed by atoms with Gasteiger partial charge in [-0.2, -0.15) is 0 Å². The normalized spacial score (nSPS) is 12.4. The second kappa shape index (κ2) is 5.67. The number of rotatable bonds is 6. The largest absolute Gasteiger partial charge is 0.465 e. The summed E-state index contributed by atoms with van der Waals surface area (Å²) in [6.45, 7) is 7.94. The molecule has 0 saturated heterocycles. The standard InChI is InChI=1S/C13H24N2O2/c1-10-11(6-12(7-14)17-10)8-16-9-13(2,3)15(4)5/h6H,7-9,14H2,1-5H3. The number of likely N-dealkylation sites (N-methyl/N-ethyl adjacent to an activating group) is 1. The summed E-state index contributed by atoms with van der Waals surface area (Å²) in [6.07, 6.45) is 0. The smallest absolute Gasteiger partial charge is 0.118 e. The second-order valence-corrected chi connectivity index (χ2v) is 5.20. The topological polar surface area (TPSA) is 51.6 Å². The van der Waals surface area contributed by atoms with Crippen LogP contribution in [0, 0.1) is 6.92 Å². The molecule has 0 fully saturated rings. The first-order valence-corrected chi connectivity index (χ1v) is 5.90. The molecule has 0 aliphatic carbocycles. The van der Waals surface area contributed by atoms with Crippen molar-refractivity contribution in [3.63, 3.8) is 0 Å². The molecule has 0 radical (unpaired) electrons. The van der Waals surface area contributed by atoms with E-state index in [4.69, 9.17) is 14.9 Å². The van der Waals surface area contributed by atoms with Crippen LogP contribution in [0.15, 0.2) is 10.5 Å². The first-order chi connectivity index (χ1) is 7.86. The van der Waals surface area contributed by atoms with E-state index >= 15 is 0 Å². The summed E-state index contributed by atoms with van der Waals surface area (Å²) in [4.78, 5) is 2.15. The van der Waals surface area contributed by atoms with E-state index < -0.39 is 0 Å². The van der Waals surface area contributed by atoms with Gasteiger partial charge in [0.05, 0.1) is 19.8 Å².